The molecule has 0 saturated carbocycles. The molecular weight excluding hydrogens is 789 g/mol. The Morgan fingerprint density at radius 1 is 0.438 bits per heavy atom. The average molecular weight is 841 g/mol. The lowest BCUT2D eigenvalue weighted by Gasteiger charge is -2.28. The van der Waals surface area contributed by atoms with Crippen LogP contribution < -0.4 is 0 Å². The van der Waals surface area contributed by atoms with Gasteiger partial charge in [0.1, 0.15) is 23.6 Å². The van der Waals surface area contributed by atoms with E-state index in [2.05, 4.69) is 50.2 Å². The number of benzene rings is 8. The molecule has 8 rings (SSSR count). The van der Waals surface area contributed by atoms with E-state index in [9.17, 15) is 19.8 Å². The summed E-state index contributed by atoms with van der Waals surface area (Å²) in [6.45, 7) is 15.2. The molecular formula is C58H52N2O4. The van der Waals surface area contributed by atoms with E-state index in [4.69, 9.17) is 9.98 Å². The summed E-state index contributed by atoms with van der Waals surface area (Å²) in [7, 11) is 0. The minimum Gasteiger partial charge on any atom is -0.506 e. The molecule has 8 aromatic carbocycles. The number of hydrogen-bond donors (Lipinski definition) is 2. The van der Waals surface area contributed by atoms with E-state index in [-0.39, 0.29) is 34.2 Å². The van der Waals surface area contributed by atoms with Gasteiger partial charge < -0.3 is 10.2 Å². The summed E-state index contributed by atoms with van der Waals surface area (Å²) in [5.74, 6) is -1.06. The van der Waals surface area contributed by atoms with Crippen LogP contribution in [0.25, 0.3) is 54.6 Å². The summed E-state index contributed by atoms with van der Waals surface area (Å²) in [5.41, 5.74) is 9.06. The lowest BCUT2D eigenvalue weighted by atomic mass is 9.84. The Bertz CT molecular complexity index is 3060. The number of carbonyl (C=O) groups excluding carboxylic acids is 2. The number of nitrogens with zero attached hydrogens (tertiary/aromatic N) is 2. The molecule has 0 spiro atoms. The number of aliphatic hydroxyl groups is 2. The number of aliphatic imine (C=N–C) groups is 2. The first-order chi connectivity index (χ1) is 30.7. The van der Waals surface area contributed by atoms with Crippen molar-refractivity contribution in [1.82, 2.24) is 0 Å². The fourth-order valence-corrected chi connectivity index (χ4v) is 9.68. The number of Topliss-reactive ketones (excluding diaryl/α,β-unsaturated/α-hetero) is 2. The number of fused-ring (bicyclic) bond motifs is 6. The molecule has 2 N–H and O–H groups in total. The Kier molecular flexibility index (Phi) is 12.0. The third-order valence-corrected chi connectivity index (χ3v) is 12.4. The van der Waals surface area contributed by atoms with Gasteiger partial charge in [-0.3, -0.25) is 19.6 Å². The zero-order valence-corrected chi connectivity index (χ0v) is 37.6. The zero-order valence-electron chi connectivity index (χ0n) is 37.6. The van der Waals surface area contributed by atoms with Crippen LogP contribution in [0.2, 0.25) is 0 Å². The number of aliphatic hydroxyl groups excluding tert-OH is 2. The Morgan fingerprint density at radius 3 is 1.06 bits per heavy atom. The number of allylic oxidation sites excluding steroid dienone is 2. The van der Waals surface area contributed by atoms with Crippen molar-refractivity contribution in [1.29, 1.82) is 0 Å². The molecule has 318 valence electrons. The summed E-state index contributed by atoms with van der Waals surface area (Å²) in [4.78, 5) is 38.1. The highest BCUT2D eigenvalue weighted by molar-refractivity contribution is 6.21. The highest BCUT2D eigenvalue weighted by atomic mass is 16.3. The number of hydrogen-bond acceptors (Lipinski definition) is 6. The van der Waals surface area contributed by atoms with Gasteiger partial charge in [0.25, 0.3) is 0 Å². The number of aryl methyl sites for hydroxylation is 6. The molecule has 0 heterocycles. The van der Waals surface area contributed by atoms with Crippen LogP contribution in [0.15, 0.2) is 155 Å². The van der Waals surface area contributed by atoms with Crippen LogP contribution in [0.1, 0.15) is 81.6 Å². The van der Waals surface area contributed by atoms with E-state index >= 15 is 0 Å². The van der Waals surface area contributed by atoms with Crippen molar-refractivity contribution in [3.05, 3.63) is 200 Å². The number of rotatable bonds is 11. The molecule has 8 aromatic rings. The van der Waals surface area contributed by atoms with E-state index in [0.29, 0.717) is 11.1 Å². The average Bonchev–Trinajstić information content (AvgIpc) is 3.26. The van der Waals surface area contributed by atoms with E-state index in [1.807, 2.05) is 125 Å². The lowest BCUT2D eigenvalue weighted by molar-refractivity contribution is -0.114. The van der Waals surface area contributed by atoms with Crippen LogP contribution in [0.3, 0.4) is 0 Å². The highest BCUT2D eigenvalue weighted by Gasteiger charge is 2.30. The normalized spacial score (nSPS) is 13.8. The van der Waals surface area contributed by atoms with E-state index in [1.54, 1.807) is 0 Å². The van der Waals surface area contributed by atoms with Gasteiger partial charge in [-0.05, 0) is 144 Å². The molecule has 0 bridgehead atoms. The van der Waals surface area contributed by atoms with Crippen LogP contribution >= 0.6 is 0 Å². The van der Waals surface area contributed by atoms with Crippen LogP contribution in [0.5, 0.6) is 0 Å². The minimum absolute atomic E-state index is 0.0538. The van der Waals surface area contributed by atoms with E-state index in [1.165, 1.54) is 26.3 Å². The Balaban J connectivity index is 1.37. The number of ketones is 2. The third-order valence-electron chi connectivity index (χ3n) is 12.4. The van der Waals surface area contributed by atoms with Crippen molar-refractivity contribution >= 4 is 78.6 Å². The molecule has 64 heavy (non-hydrogen) atoms. The van der Waals surface area contributed by atoms with Gasteiger partial charge in [0.15, 0.2) is 11.6 Å². The van der Waals surface area contributed by atoms with Crippen molar-refractivity contribution < 1.29 is 19.8 Å². The molecule has 0 aromatic heterocycles. The molecule has 0 aliphatic heterocycles. The fourth-order valence-electron chi connectivity index (χ4n) is 9.68. The second-order valence-corrected chi connectivity index (χ2v) is 17.1. The maximum absolute atomic E-state index is 13.7. The molecule has 0 amide bonds. The first kappa shape index (κ1) is 43.2. The minimum atomic E-state index is -0.746. The molecule has 0 aliphatic rings. The van der Waals surface area contributed by atoms with Gasteiger partial charge >= 0.3 is 0 Å². The van der Waals surface area contributed by atoms with Gasteiger partial charge in [0, 0.05) is 23.6 Å². The summed E-state index contributed by atoms with van der Waals surface area (Å²) in [5, 5.41) is 31.9. The van der Waals surface area contributed by atoms with Crippen LogP contribution in [0, 0.1) is 41.5 Å². The molecule has 6 heteroatoms. The first-order valence-corrected chi connectivity index (χ1v) is 21.6. The molecule has 0 aliphatic carbocycles. The quantitative estimate of drug-likeness (QED) is 0.0586. The second-order valence-electron chi connectivity index (χ2n) is 17.1. The fraction of sp³-hybridized carbons (Fsp3) is 0.172. The summed E-state index contributed by atoms with van der Waals surface area (Å²) in [6.07, 6.45) is 2.99. The van der Waals surface area contributed by atoms with Crippen LogP contribution in [-0.4, -0.2) is 34.2 Å². The SMILES string of the molecule is CC(=O)/C(C=N[C@H](c1c(C)cc(C)cc1C)[C@@H](N=C/C(C(C)=O)=C(\O)c1cc2ccccc2c2ccccc12)c1c(C)cc(C)cc1C)=C(/O)c1cc2ccccc2c2ccccc12. The smallest absolute Gasteiger partial charge is 0.165 e. The van der Waals surface area contributed by atoms with Crippen molar-refractivity contribution in [2.24, 2.45) is 9.98 Å². The second kappa shape index (κ2) is 17.7. The predicted octanol–water partition coefficient (Wildman–Crippen LogP) is 14.2. The summed E-state index contributed by atoms with van der Waals surface area (Å²) >= 11 is 0. The molecule has 0 unspecified atom stereocenters. The summed E-state index contributed by atoms with van der Waals surface area (Å²) < 4.78 is 0. The van der Waals surface area contributed by atoms with E-state index < -0.39 is 12.1 Å². The molecule has 0 fully saturated rings. The third kappa shape index (κ3) is 8.15. The van der Waals surface area contributed by atoms with Gasteiger partial charge in [-0.2, -0.15) is 0 Å². The predicted molar refractivity (Wildman–Crippen MR) is 267 cm³/mol. The van der Waals surface area contributed by atoms with E-state index in [0.717, 1.165) is 87.6 Å². The Hall–Kier alpha value is -7.44. The van der Waals surface area contributed by atoms with Gasteiger partial charge in [0.05, 0.1) is 11.1 Å². The maximum atomic E-state index is 13.7. The van der Waals surface area contributed by atoms with Gasteiger partial charge in [-0.15, -0.1) is 0 Å². The van der Waals surface area contributed by atoms with Crippen molar-refractivity contribution in [2.75, 3.05) is 0 Å². The topological polar surface area (TPSA) is 99.3 Å². The Morgan fingerprint density at radius 2 is 0.734 bits per heavy atom. The number of carbonyl (C=O) groups is 2. The highest BCUT2D eigenvalue weighted by Crippen LogP contribution is 2.43. The van der Waals surface area contributed by atoms with Crippen molar-refractivity contribution in [3.8, 4) is 0 Å². The monoisotopic (exact) mass is 840 g/mol. The Labute approximate surface area is 374 Å². The standard InChI is InChI=1S/C58H52N2O4/c1-33-25-35(3)53(36(4)26-33)55(59-31-51(39(7)61)57(63)49-29-41-17-9-11-19-43(41)45-21-13-15-23-47(45)49)56(54-37(5)27-34(2)28-38(54)6)60-32-52(40(8)62)58(64)50-30-42-18-10-12-20-44(42)46-22-14-16-24-48(46)50/h9-32,55-56,63-64H,1-8H3/b57-51+,58-52+,59-31?,60-32?/t55-,56+. The van der Waals surface area contributed by atoms with Crippen LogP contribution in [-0.2, 0) is 9.59 Å². The van der Waals surface area contributed by atoms with Gasteiger partial charge in [0.2, 0.25) is 0 Å². The zero-order chi connectivity index (χ0) is 45.4. The first-order valence-electron chi connectivity index (χ1n) is 21.6. The van der Waals surface area contributed by atoms with Crippen molar-refractivity contribution in [2.45, 2.75) is 67.5 Å². The van der Waals surface area contributed by atoms with Gasteiger partial charge in [-0.1, -0.05) is 132 Å². The van der Waals surface area contributed by atoms with Crippen LogP contribution in [0.4, 0.5) is 0 Å². The molecule has 0 saturated heterocycles. The maximum Gasteiger partial charge on any atom is 0.165 e. The largest absolute Gasteiger partial charge is 0.506 e. The lowest BCUT2D eigenvalue weighted by Crippen LogP contribution is -2.16. The van der Waals surface area contributed by atoms with Crippen molar-refractivity contribution in [3.63, 3.8) is 0 Å². The molecule has 2 atom stereocenters. The molecule has 0 radical (unpaired) electrons. The molecule has 6 nitrogen and oxygen atoms in total. The summed E-state index contributed by atoms with van der Waals surface area (Å²) in [6, 6.07) is 42.5. The van der Waals surface area contributed by atoms with Gasteiger partial charge in [-0.25, -0.2) is 0 Å².